The number of halogens is 1. The van der Waals surface area contributed by atoms with Crippen LogP contribution in [0.25, 0.3) is 0 Å². The van der Waals surface area contributed by atoms with E-state index in [4.69, 9.17) is 5.73 Å². The average molecular weight is 272 g/mol. The standard InChI is InChI=1S/C12H17FN2O2S/c1-2-7-12(14)8-15(9-12)18(16,17)11-5-3-10(13)4-6-11/h3-6H,2,7-9,14H2,1H3. The van der Waals surface area contributed by atoms with Crippen molar-refractivity contribution in [1.82, 2.24) is 4.31 Å². The number of benzene rings is 1. The first kappa shape index (κ1) is 13.5. The summed E-state index contributed by atoms with van der Waals surface area (Å²) in [6.07, 6.45) is 1.74. The molecule has 1 heterocycles. The van der Waals surface area contributed by atoms with Crippen molar-refractivity contribution in [2.24, 2.45) is 5.73 Å². The molecule has 0 unspecified atom stereocenters. The van der Waals surface area contributed by atoms with Crippen LogP contribution < -0.4 is 5.73 Å². The van der Waals surface area contributed by atoms with E-state index in [0.29, 0.717) is 13.1 Å². The molecule has 1 saturated heterocycles. The highest BCUT2D eigenvalue weighted by molar-refractivity contribution is 7.89. The summed E-state index contributed by atoms with van der Waals surface area (Å²) in [5, 5.41) is 0. The molecule has 0 aromatic heterocycles. The zero-order valence-corrected chi connectivity index (χ0v) is 11.1. The molecule has 0 amide bonds. The molecule has 0 radical (unpaired) electrons. The molecule has 6 heteroatoms. The summed E-state index contributed by atoms with van der Waals surface area (Å²) < 4.78 is 38.4. The third kappa shape index (κ3) is 2.41. The van der Waals surface area contributed by atoms with Crippen LogP contribution in [0.1, 0.15) is 19.8 Å². The zero-order valence-electron chi connectivity index (χ0n) is 10.3. The largest absolute Gasteiger partial charge is 0.323 e. The highest BCUT2D eigenvalue weighted by Gasteiger charge is 2.44. The molecule has 1 aromatic rings. The minimum absolute atomic E-state index is 0.113. The lowest BCUT2D eigenvalue weighted by atomic mass is 9.89. The van der Waals surface area contributed by atoms with Crippen molar-refractivity contribution in [3.05, 3.63) is 30.1 Å². The van der Waals surface area contributed by atoms with Gasteiger partial charge < -0.3 is 5.73 Å². The number of hydrogen-bond acceptors (Lipinski definition) is 3. The SMILES string of the molecule is CCCC1(N)CN(S(=O)(=O)c2ccc(F)cc2)C1. The van der Waals surface area contributed by atoms with Crippen molar-refractivity contribution >= 4 is 10.0 Å². The van der Waals surface area contributed by atoms with E-state index in [1.165, 1.54) is 16.4 Å². The minimum Gasteiger partial charge on any atom is -0.323 e. The third-order valence-electron chi connectivity index (χ3n) is 3.18. The Morgan fingerprint density at radius 1 is 1.33 bits per heavy atom. The Morgan fingerprint density at radius 3 is 2.39 bits per heavy atom. The Balaban J connectivity index is 2.13. The summed E-state index contributed by atoms with van der Waals surface area (Å²) in [5.74, 6) is -0.447. The van der Waals surface area contributed by atoms with E-state index in [1.807, 2.05) is 6.92 Å². The number of nitrogens with zero attached hydrogens (tertiary/aromatic N) is 1. The summed E-state index contributed by atoms with van der Waals surface area (Å²) in [6, 6.07) is 4.85. The zero-order chi connectivity index (χ0) is 13.4. The fraction of sp³-hybridized carbons (Fsp3) is 0.500. The van der Waals surface area contributed by atoms with Gasteiger partial charge in [-0.15, -0.1) is 0 Å². The monoisotopic (exact) mass is 272 g/mol. The summed E-state index contributed by atoms with van der Waals surface area (Å²) in [5.41, 5.74) is 5.64. The first-order valence-electron chi connectivity index (χ1n) is 5.92. The maximum atomic E-state index is 12.8. The van der Waals surface area contributed by atoms with Gasteiger partial charge in [0.05, 0.1) is 4.90 Å². The van der Waals surface area contributed by atoms with Gasteiger partial charge in [0.25, 0.3) is 0 Å². The summed E-state index contributed by atoms with van der Waals surface area (Å²) >= 11 is 0. The van der Waals surface area contributed by atoms with Crippen LogP contribution in [0, 0.1) is 5.82 Å². The van der Waals surface area contributed by atoms with E-state index in [9.17, 15) is 12.8 Å². The van der Waals surface area contributed by atoms with E-state index < -0.39 is 21.4 Å². The Bertz CT molecular complexity index is 522. The molecule has 1 aliphatic heterocycles. The van der Waals surface area contributed by atoms with Crippen molar-refractivity contribution in [1.29, 1.82) is 0 Å². The summed E-state index contributed by atoms with van der Waals surface area (Å²) in [7, 11) is -3.52. The van der Waals surface area contributed by atoms with Gasteiger partial charge in [0.1, 0.15) is 5.82 Å². The van der Waals surface area contributed by atoms with Crippen molar-refractivity contribution in [3.8, 4) is 0 Å². The van der Waals surface area contributed by atoms with Crippen LogP contribution in [0.3, 0.4) is 0 Å². The fourth-order valence-electron chi connectivity index (χ4n) is 2.24. The number of rotatable bonds is 4. The van der Waals surface area contributed by atoms with Gasteiger partial charge in [0.2, 0.25) is 10.0 Å². The molecule has 1 aliphatic rings. The Labute approximate surface area is 107 Å². The van der Waals surface area contributed by atoms with E-state index in [2.05, 4.69) is 0 Å². The molecule has 0 bridgehead atoms. The predicted octanol–water partition coefficient (Wildman–Crippen LogP) is 1.33. The van der Waals surface area contributed by atoms with Gasteiger partial charge in [-0.2, -0.15) is 4.31 Å². The maximum Gasteiger partial charge on any atom is 0.243 e. The van der Waals surface area contributed by atoms with Crippen LogP contribution in [0.4, 0.5) is 4.39 Å². The van der Waals surface area contributed by atoms with Gasteiger partial charge in [0, 0.05) is 18.6 Å². The number of nitrogens with two attached hydrogens (primary N) is 1. The lowest BCUT2D eigenvalue weighted by molar-refractivity contribution is 0.147. The molecular weight excluding hydrogens is 255 g/mol. The van der Waals surface area contributed by atoms with Crippen LogP contribution in [0.5, 0.6) is 0 Å². The van der Waals surface area contributed by atoms with Crippen molar-refractivity contribution in [2.75, 3.05) is 13.1 Å². The summed E-state index contributed by atoms with van der Waals surface area (Å²) in [4.78, 5) is 0.113. The molecule has 0 spiro atoms. The predicted molar refractivity (Wildman–Crippen MR) is 67.0 cm³/mol. The molecule has 1 aromatic carbocycles. The van der Waals surface area contributed by atoms with Gasteiger partial charge in [-0.05, 0) is 30.7 Å². The van der Waals surface area contributed by atoms with E-state index in [0.717, 1.165) is 25.0 Å². The number of hydrogen-bond donors (Lipinski definition) is 1. The molecule has 4 nitrogen and oxygen atoms in total. The molecule has 100 valence electrons. The van der Waals surface area contributed by atoms with Crippen LogP contribution in [-0.4, -0.2) is 31.4 Å². The molecule has 0 aliphatic carbocycles. The second kappa shape index (κ2) is 4.60. The third-order valence-corrected chi connectivity index (χ3v) is 4.99. The Hall–Kier alpha value is -0.980. The first-order valence-corrected chi connectivity index (χ1v) is 7.36. The number of sulfonamides is 1. The van der Waals surface area contributed by atoms with Crippen molar-refractivity contribution in [2.45, 2.75) is 30.2 Å². The van der Waals surface area contributed by atoms with Gasteiger partial charge in [0.15, 0.2) is 0 Å². The highest BCUT2D eigenvalue weighted by atomic mass is 32.2. The lowest BCUT2D eigenvalue weighted by Gasteiger charge is -2.46. The van der Waals surface area contributed by atoms with Crippen molar-refractivity contribution < 1.29 is 12.8 Å². The topological polar surface area (TPSA) is 63.4 Å². The minimum atomic E-state index is -3.52. The van der Waals surface area contributed by atoms with Gasteiger partial charge >= 0.3 is 0 Å². The normalized spacial score (nSPS) is 19.5. The molecule has 2 rings (SSSR count). The fourth-order valence-corrected chi connectivity index (χ4v) is 3.87. The van der Waals surface area contributed by atoms with Crippen molar-refractivity contribution in [3.63, 3.8) is 0 Å². The molecule has 0 saturated carbocycles. The van der Waals surface area contributed by atoms with Gasteiger partial charge in [-0.1, -0.05) is 13.3 Å². The van der Waals surface area contributed by atoms with E-state index >= 15 is 0 Å². The highest BCUT2D eigenvalue weighted by Crippen LogP contribution is 2.29. The Morgan fingerprint density at radius 2 is 1.89 bits per heavy atom. The maximum absolute atomic E-state index is 12.8. The van der Waals surface area contributed by atoms with Gasteiger partial charge in [-0.3, -0.25) is 0 Å². The average Bonchev–Trinajstić information content (AvgIpc) is 2.26. The van der Waals surface area contributed by atoms with Crippen LogP contribution in [0.15, 0.2) is 29.2 Å². The first-order chi connectivity index (χ1) is 8.37. The molecule has 18 heavy (non-hydrogen) atoms. The smallest absolute Gasteiger partial charge is 0.243 e. The van der Waals surface area contributed by atoms with E-state index in [1.54, 1.807) is 0 Å². The molecule has 2 N–H and O–H groups in total. The molecular formula is C12H17FN2O2S. The van der Waals surface area contributed by atoms with E-state index in [-0.39, 0.29) is 4.90 Å². The lowest BCUT2D eigenvalue weighted by Crippen LogP contribution is -2.68. The van der Waals surface area contributed by atoms with Crippen LogP contribution >= 0.6 is 0 Å². The van der Waals surface area contributed by atoms with Crippen LogP contribution in [0.2, 0.25) is 0 Å². The van der Waals surface area contributed by atoms with Crippen LogP contribution in [-0.2, 0) is 10.0 Å². The Kier molecular flexibility index (Phi) is 3.44. The quantitative estimate of drug-likeness (QED) is 0.899. The molecule has 1 fully saturated rings. The second-order valence-electron chi connectivity index (χ2n) is 4.84. The second-order valence-corrected chi connectivity index (χ2v) is 6.78. The van der Waals surface area contributed by atoms with Gasteiger partial charge in [-0.25, -0.2) is 12.8 Å². The molecule has 0 atom stereocenters. The summed E-state index contributed by atoms with van der Waals surface area (Å²) in [6.45, 7) is 2.69.